The first-order valence-corrected chi connectivity index (χ1v) is 9.59. The van der Waals surface area contributed by atoms with Gasteiger partial charge in [0.25, 0.3) is 5.91 Å². The van der Waals surface area contributed by atoms with Crippen LogP contribution in [-0.2, 0) is 4.74 Å². The number of ether oxygens (including phenoxy) is 2. The highest BCUT2D eigenvalue weighted by atomic mass is 19.1. The number of carbonyl (C=O) groups excluding carboxylic acids is 2. The Morgan fingerprint density at radius 2 is 1.90 bits per heavy atom. The van der Waals surface area contributed by atoms with Gasteiger partial charge in [-0.05, 0) is 38.5 Å². The molecule has 1 saturated heterocycles. The molecule has 6 nitrogen and oxygen atoms in total. The number of rotatable bonds is 5. The SMILES string of the molecule is CCOC(=O)c1c(C)[nH]c(C(=O)N2CCC(Oc3ccc(F)cc3F)CC2)c1C. The largest absolute Gasteiger partial charge is 0.487 e. The van der Waals surface area contributed by atoms with Gasteiger partial charge in [-0.15, -0.1) is 0 Å². The fourth-order valence-corrected chi connectivity index (χ4v) is 3.56. The highest BCUT2D eigenvalue weighted by Crippen LogP contribution is 2.25. The van der Waals surface area contributed by atoms with Crippen molar-refractivity contribution in [2.75, 3.05) is 19.7 Å². The van der Waals surface area contributed by atoms with E-state index >= 15 is 0 Å². The average Bonchev–Trinajstić information content (AvgIpc) is 2.98. The van der Waals surface area contributed by atoms with Gasteiger partial charge in [-0.1, -0.05) is 0 Å². The number of likely N-dealkylation sites (tertiary alicyclic amines) is 1. The van der Waals surface area contributed by atoms with Crippen LogP contribution in [0.2, 0.25) is 0 Å². The molecule has 3 rings (SSSR count). The Kier molecular flexibility index (Phi) is 6.20. The molecule has 0 aliphatic carbocycles. The number of nitrogens with one attached hydrogen (secondary N) is 1. The number of nitrogens with zero attached hydrogens (tertiary/aromatic N) is 1. The molecule has 29 heavy (non-hydrogen) atoms. The quantitative estimate of drug-likeness (QED) is 0.768. The summed E-state index contributed by atoms with van der Waals surface area (Å²) in [5, 5.41) is 0. The first-order chi connectivity index (χ1) is 13.8. The minimum Gasteiger partial charge on any atom is -0.487 e. The zero-order valence-electron chi connectivity index (χ0n) is 16.7. The van der Waals surface area contributed by atoms with Crippen molar-refractivity contribution in [3.8, 4) is 5.75 Å². The summed E-state index contributed by atoms with van der Waals surface area (Å²) in [5.74, 6) is -2.05. The minimum absolute atomic E-state index is 0.00564. The summed E-state index contributed by atoms with van der Waals surface area (Å²) >= 11 is 0. The van der Waals surface area contributed by atoms with Gasteiger partial charge in [0.2, 0.25) is 0 Å². The topological polar surface area (TPSA) is 71.6 Å². The van der Waals surface area contributed by atoms with Gasteiger partial charge in [-0.25, -0.2) is 13.6 Å². The lowest BCUT2D eigenvalue weighted by atomic mass is 10.1. The fraction of sp³-hybridized carbons (Fsp3) is 0.429. The van der Waals surface area contributed by atoms with E-state index in [1.807, 2.05) is 0 Å². The van der Waals surface area contributed by atoms with E-state index in [4.69, 9.17) is 9.47 Å². The van der Waals surface area contributed by atoms with Crippen LogP contribution in [0.25, 0.3) is 0 Å². The minimum atomic E-state index is -0.743. The second-order valence-electron chi connectivity index (χ2n) is 7.03. The van der Waals surface area contributed by atoms with Gasteiger partial charge in [0.15, 0.2) is 11.6 Å². The van der Waals surface area contributed by atoms with Crippen LogP contribution in [-0.4, -0.2) is 47.6 Å². The third-order valence-corrected chi connectivity index (χ3v) is 5.05. The number of benzene rings is 1. The van der Waals surface area contributed by atoms with Crippen molar-refractivity contribution in [1.82, 2.24) is 9.88 Å². The third kappa shape index (κ3) is 4.41. The van der Waals surface area contributed by atoms with E-state index in [0.717, 1.165) is 12.1 Å². The molecule has 1 aromatic carbocycles. The van der Waals surface area contributed by atoms with E-state index in [1.165, 1.54) is 6.07 Å². The number of halogens is 2. The van der Waals surface area contributed by atoms with Crippen LogP contribution >= 0.6 is 0 Å². The monoisotopic (exact) mass is 406 g/mol. The van der Waals surface area contributed by atoms with Crippen LogP contribution in [0.4, 0.5) is 8.78 Å². The molecule has 1 fully saturated rings. The van der Waals surface area contributed by atoms with Crippen LogP contribution in [0.15, 0.2) is 18.2 Å². The van der Waals surface area contributed by atoms with E-state index in [-0.39, 0.29) is 24.4 Å². The van der Waals surface area contributed by atoms with Crippen LogP contribution in [0.5, 0.6) is 5.75 Å². The van der Waals surface area contributed by atoms with Gasteiger partial charge >= 0.3 is 5.97 Å². The molecule has 1 amide bonds. The number of hydrogen-bond donors (Lipinski definition) is 1. The predicted octanol–water partition coefficient (Wildman–Crippen LogP) is 3.77. The van der Waals surface area contributed by atoms with Gasteiger partial charge in [-0.3, -0.25) is 4.79 Å². The van der Waals surface area contributed by atoms with Gasteiger partial charge in [0.1, 0.15) is 17.6 Å². The Morgan fingerprint density at radius 1 is 1.21 bits per heavy atom. The predicted molar refractivity (Wildman–Crippen MR) is 102 cm³/mol. The summed E-state index contributed by atoms with van der Waals surface area (Å²) in [7, 11) is 0. The molecule has 2 aromatic rings. The van der Waals surface area contributed by atoms with E-state index < -0.39 is 17.6 Å². The molecule has 0 atom stereocenters. The van der Waals surface area contributed by atoms with E-state index in [9.17, 15) is 18.4 Å². The molecule has 2 heterocycles. The lowest BCUT2D eigenvalue weighted by Gasteiger charge is -2.32. The number of aromatic nitrogens is 1. The summed E-state index contributed by atoms with van der Waals surface area (Å²) < 4.78 is 37.5. The zero-order chi connectivity index (χ0) is 21.1. The first kappa shape index (κ1) is 20.8. The molecule has 1 aromatic heterocycles. The molecule has 1 N–H and O–H groups in total. The van der Waals surface area contributed by atoms with E-state index in [1.54, 1.807) is 25.7 Å². The summed E-state index contributed by atoms with van der Waals surface area (Å²) in [6, 6.07) is 3.20. The number of H-pyrrole nitrogens is 1. The summed E-state index contributed by atoms with van der Waals surface area (Å²) in [4.78, 5) is 29.7. The normalized spacial score (nSPS) is 14.7. The van der Waals surface area contributed by atoms with Gasteiger partial charge in [0, 0.05) is 37.7 Å². The maximum atomic E-state index is 13.8. The molecular formula is C21H24F2N2O4. The molecule has 0 bridgehead atoms. The number of amides is 1. The maximum Gasteiger partial charge on any atom is 0.340 e. The lowest BCUT2D eigenvalue weighted by molar-refractivity contribution is 0.0525. The number of carbonyl (C=O) groups is 2. The Morgan fingerprint density at radius 3 is 2.52 bits per heavy atom. The molecule has 156 valence electrons. The van der Waals surface area contributed by atoms with Gasteiger partial charge < -0.3 is 19.4 Å². The van der Waals surface area contributed by atoms with E-state index in [2.05, 4.69) is 4.98 Å². The number of esters is 1. The maximum absolute atomic E-state index is 13.8. The Bertz CT molecular complexity index is 918. The van der Waals surface area contributed by atoms with Crippen molar-refractivity contribution in [3.63, 3.8) is 0 Å². The van der Waals surface area contributed by atoms with Gasteiger partial charge in [0.05, 0.1) is 12.2 Å². The van der Waals surface area contributed by atoms with Crippen molar-refractivity contribution in [2.45, 2.75) is 39.7 Å². The molecule has 0 unspecified atom stereocenters. The van der Waals surface area contributed by atoms with Crippen molar-refractivity contribution in [3.05, 3.63) is 52.3 Å². The zero-order valence-corrected chi connectivity index (χ0v) is 16.7. The number of aromatic amines is 1. The second kappa shape index (κ2) is 8.63. The molecule has 0 radical (unpaired) electrons. The second-order valence-corrected chi connectivity index (χ2v) is 7.03. The van der Waals surface area contributed by atoms with Crippen molar-refractivity contribution < 1.29 is 27.8 Å². The average molecular weight is 406 g/mol. The van der Waals surface area contributed by atoms with Crippen LogP contribution in [0, 0.1) is 25.5 Å². The van der Waals surface area contributed by atoms with Crippen LogP contribution in [0.1, 0.15) is 51.9 Å². The third-order valence-electron chi connectivity index (χ3n) is 5.05. The van der Waals surface area contributed by atoms with Crippen molar-refractivity contribution >= 4 is 11.9 Å². The highest BCUT2D eigenvalue weighted by Gasteiger charge is 2.29. The standard InChI is InChI=1S/C21H24F2N2O4/c1-4-28-21(27)18-12(2)19(24-13(18)3)20(26)25-9-7-15(8-10-25)29-17-6-5-14(22)11-16(17)23/h5-6,11,15,24H,4,7-10H2,1-3H3. The summed E-state index contributed by atoms with van der Waals surface area (Å²) in [5.41, 5.74) is 1.92. The number of piperidine rings is 1. The molecule has 0 saturated carbocycles. The smallest absolute Gasteiger partial charge is 0.340 e. The summed E-state index contributed by atoms with van der Waals surface area (Å²) in [6.07, 6.45) is 0.776. The van der Waals surface area contributed by atoms with Crippen molar-refractivity contribution in [2.24, 2.45) is 0 Å². The first-order valence-electron chi connectivity index (χ1n) is 9.59. The van der Waals surface area contributed by atoms with Gasteiger partial charge in [-0.2, -0.15) is 0 Å². The number of aryl methyl sites for hydroxylation is 1. The molecular weight excluding hydrogens is 382 g/mol. The van der Waals surface area contributed by atoms with Crippen LogP contribution < -0.4 is 4.74 Å². The number of hydrogen-bond acceptors (Lipinski definition) is 4. The molecule has 1 aliphatic heterocycles. The molecule has 1 aliphatic rings. The van der Waals surface area contributed by atoms with Crippen LogP contribution in [0.3, 0.4) is 0 Å². The fourth-order valence-electron chi connectivity index (χ4n) is 3.56. The molecule has 0 spiro atoms. The van der Waals surface area contributed by atoms with Crippen molar-refractivity contribution in [1.29, 1.82) is 0 Å². The Balaban J connectivity index is 1.64. The molecule has 8 heteroatoms. The van der Waals surface area contributed by atoms with E-state index in [0.29, 0.717) is 48.4 Å². The lowest BCUT2D eigenvalue weighted by Crippen LogP contribution is -2.42. The highest BCUT2D eigenvalue weighted by molar-refractivity contribution is 6.00. The Labute approximate surface area is 167 Å². The Hall–Kier alpha value is -2.90. The summed E-state index contributed by atoms with van der Waals surface area (Å²) in [6.45, 7) is 6.29.